The zero-order valence-electron chi connectivity index (χ0n) is 31.6. The second-order valence-corrected chi connectivity index (χ2v) is 19.7. The van der Waals surface area contributed by atoms with Gasteiger partial charge in [0.1, 0.15) is 0 Å². The summed E-state index contributed by atoms with van der Waals surface area (Å²) in [4.78, 5) is 11.5. The lowest BCUT2D eigenvalue weighted by Gasteiger charge is -2.43. The highest BCUT2D eigenvalue weighted by molar-refractivity contribution is 6.99. The number of carboxylic acid groups (broad SMARTS) is 1. The summed E-state index contributed by atoms with van der Waals surface area (Å²) in [6.45, 7) is 8.12. The van der Waals surface area contributed by atoms with E-state index in [1.807, 2.05) is 18.2 Å². The van der Waals surface area contributed by atoms with Gasteiger partial charge in [-0.2, -0.15) is 0 Å². The van der Waals surface area contributed by atoms with Crippen LogP contribution < -0.4 is 15.7 Å². The number of anilines is 1. The van der Waals surface area contributed by atoms with E-state index in [2.05, 4.69) is 164 Å². The van der Waals surface area contributed by atoms with Crippen LogP contribution in [0.4, 0.5) is 5.69 Å². The van der Waals surface area contributed by atoms with E-state index in [-0.39, 0.29) is 16.6 Å². The third kappa shape index (κ3) is 7.90. The first-order chi connectivity index (χ1) is 26.7. The highest BCUT2D eigenvalue weighted by atomic mass is 35.5. The molecule has 0 aliphatic heterocycles. The molecule has 1 aromatic heterocycles. The van der Waals surface area contributed by atoms with Gasteiger partial charge in [0.05, 0.1) is 11.6 Å². The molecule has 0 unspecified atom stereocenters. The van der Waals surface area contributed by atoms with Crippen LogP contribution in [0.1, 0.15) is 59.6 Å². The highest BCUT2D eigenvalue weighted by Gasteiger charge is 2.50. The number of rotatable bonds is 14. The van der Waals surface area contributed by atoms with E-state index in [1.165, 1.54) is 32.8 Å². The van der Waals surface area contributed by atoms with Crippen LogP contribution in [0, 0.1) is 0 Å². The summed E-state index contributed by atoms with van der Waals surface area (Å²) in [5.41, 5.74) is 7.05. The predicted octanol–water partition coefficient (Wildman–Crippen LogP) is 10.4. The Morgan fingerprint density at radius 3 is 1.76 bits per heavy atom. The normalized spacial score (nSPS) is 11.9. The van der Waals surface area contributed by atoms with Crippen molar-refractivity contribution in [3.05, 3.63) is 197 Å². The molecule has 0 atom stereocenters. The topological polar surface area (TPSA) is 63.5 Å². The van der Waals surface area contributed by atoms with Crippen molar-refractivity contribution >= 4 is 52.9 Å². The molecule has 0 bridgehead atoms. The molecule has 6 aromatic carbocycles. The minimum Gasteiger partial charge on any atom is -0.478 e. The molecular weight excluding hydrogens is 716 g/mol. The zero-order valence-corrected chi connectivity index (χ0v) is 33.3. The van der Waals surface area contributed by atoms with Gasteiger partial charge in [0.15, 0.2) is 0 Å². The number of aromatic nitrogens is 1. The molecule has 7 rings (SSSR count). The third-order valence-electron chi connectivity index (χ3n) is 10.6. The molecule has 55 heavy (non-hydrogen) atoms. The van der Waals surface area contributed by atoms with Crippen molar-refractivity contribution in [2.75, 3.05) is 18.5 Å². The molecule has 1 heterocycles. The van der Waals surface area contributed by atoms with Crippen molar-refractivity contribution in [1.29, 1.82) is 0 Å². The van der Waals surface area contributed by atoms with Crippen LogP contribution in [0.3, 0.4) is 0 Å². The second kappa shape index (κ2) is 16.5. The molecule has 0 saturated heterocycles. The first kappa shape index (κ1) is 37.9. The summed E-state index contributed by atoms with van der Waals surface area (Å²) in [5, 5.41) is 17.1. The van der Waals surface area contributed by atoms with Crippen LogP contribution in [0.2, 0.25) is 10.1 Å². The van der Waals surface area contributed by atoms with Gasteiger partial charge in [0, 0.05) is 46.9 Å². The average Bonchev–Trinajstić information content (AvgIpc) is 3.49. The van der Waals surface area contributed by atoms with Crippen LogP contribution in [0.5, 0.6) is 0 Å². The maximum absolute atomic E-state index is 11.5. The van der Waals surface area contributed by atoms with Gasteiger partial charge in [0.25, 0.3) is 8.32 Å². The molecule has 0 saturated carbocycles. The number of halogens is 1. The van der Waals surface area contributed by atoms with Gasteiger partial charge in [-0.25, -0.2) is 4.79 Å². The van der Waals surface area contributed by atoms with Gasteiger partial charge in [-0.15, -0.1) is 0 Å². The fraction of sp³-hybridized carbons (Fsp3) is 0.188. The van der Waals surface area contributed by atoms with Crippen LogP contribution in [-0.4, -0.2) is 37.1 Å². The largest absolute Gasteiger partial charge is 0.478 e. The first-order valence-electron chi connectivity index (χ1n) is 18.9. The van der Waals surface area contributed by atoms with Crippen LogP contribution in [-0.2, 0) is 17.3 Å². The standard InChI is InChI=1S/C48H47ClN2O3Si/c1-48(2,3)55(40-20-12-6-13-21-40,41-22-14-7-15-23-41)54-33-31-45-42(30-32-50-39-27-24-37(25-28-39)47(52)53)43-34-38(49)26-29-44(43)51(45)46(35-16-8-4-9-17-35)36-18-10-5-11-19-36/h4-29,34,46,50H,30-33H2,1-3H3,(H,52,53). The Morgan fingerprint density at radius 2 is 1.25 bits per heavy atom. The second-order valence-electron chi connectivity index (χ2n) is 15.0. The molecule has 0 radical (unpaired) electrons. The maximum Gasteiger partial charge on any atom is 0.335 e. The van der Waals surface area contributed by atoms with E-state index in [1.54, 1.807) is 12.1 Å². The quantitative estimate of drug-likeness (QED) is 0.108. The first-order valence-corrected chi connectivity index (χ1v) is 21.2. The predicted molar refractivity (Wildman–Crippen MR) is 230 cm³/mol. The van der Waals surface area contributed by atoms with Crippen molar-refractivity contribution in [2.45, 2.75) is 44.7 Å². The smallest absolute Gasteiger partial charge is 0.335 e. The number of benzene rings is 6. The van der Waals surface area contributed by atoms with E-state index >= 15 is 0 Å². The molecule has 0 spiro atoms. The molecule has 5 nitrogen and oxygen atoms in total. The highest BCUT2D eigenvalue weighted by Crippen LogP contribution is 2.40. The van der Waals surface area contributed by atoms with Crippen LogP contribution in [0.15, 0.2) is 164 Å². The minimum absolute atomic E-state index is 0.0980. The molecule has 0 aliphatic rings. The molecule has 7 heteroatoms. The van der Waals surface area contributed by atoms with Crippen LogP contribution in [0.25, 0.3) is 10.9 Å². The zero-order chi connectivity index (χ0) is 38.4. The number of nitrogens with zero attached hydrogens (tertiary/aromatic N) is 1. The Hall–Kier alpha value is -5.40. The third-order valence-corrected chi connectivity index (χ3v) is 15.9. The summed E-state index contributed by atoms with van der Waals surface area (Å²) in [6, 6.07) is 56.1. The molecule has 2 N–H and O–H groups in total. The summed E-state index contributed by atoms with van der Waals surface area (Å²) >= 11 is 6.79. The lowest BCUT2D eigenvalue weighted by Crippen LogP contribution is -2.66. The number of carbonyl (C=O) groups is 1. The Morgan fingerprint density at radius 1 is 0.727 bits per heavy atom. The monoisotopic (exact) mass is 762 g/mol. The number of carboxylic acids is 1. The maximum atomic E-state index is 11.5. The van der Waals surface area contributed by atoms with Crippen molar-refractivity contribution in [3.63, 3.8) is 0 Å². The summed E-state index contributed by atoms with van der Waals surface area (Å²) in [5.74, 6) is -0.937. The van der Waals surface area contributed by atoms with Gasteiger partial charge in [-0.05, 0) is 81.0 Å². The SMILES string of the molecule is CC(C)(C)[Si](OCCc1c(CCNc2ccc(C(=O)O)cc2)c2cc(Cl)ccc2n1C(c1ccccc1)c1ccccc1)(c1ccccc1)c1ccccc1. The van der Waals surface area contributed by atoms with Crippen LogP contribution >= 0.6 is 11.6 Å². The van der Waals surface area contributed by atoms with Gasteiger partial charge in [0.2, 0.25) is 0 Å². The van der Waals surface area contributed by atoms with E-state index in [0.717, 1.165) is 23.0 Å². The van der Waals surface area contributed by atoms with Crippen molar-refractivity contribution in [3.8, 4) is 0 Å². The number of aromatic carboxylic acids is 1. The molecule has 0 fully saturated rings. The molecular formula is C48H47ClN2O3Si. The number of hydrogen-bond acceptors (Lipinski definition) is 3. The Bertz CT molecular complexity index is 2260. The van der Waals surface area contributed by atoms with E-state index in [9.17, 15) is 9.90 Å². The minimum atomic E-state index is -2.81. The summed E-state index contributed by atoms with van der Waals surface area (Å²) in [6.07, 6.45) is 1.39. The van der Waals surface area contributed by atoms with Crippen molar-refractivity contribution < 1.29 is 14.3 Å². The lowest BCUT2D eigenvalue weighted by atomic mass is 9.97. The fourth-order valence-electron chi connectivity index (χ4n) is 8.14. The lowest BCUT2D eigenvalue weighted by molar-refractivity contribution is 0.0697. The Kier molecular flexibility index (Phi) is 11.4. The number of hydrogen-bond donors (Lipinski definition) is 2. The molecule has 0 aliphatic carbocycles. The van der Waals surface area contributed by atoms with E-state index < -0.39 is 14.3 Å². The Labute approximate surface area is 330 Å². The summed E-state index contributed by atoms with van der Waals surface area (Å²) in [7, 11) is -2.81. The van der Waals surface area contributed by atoms with Gasteiger partial charge < -0.3 is 19.4 Å². The van der Waals surface area contributed by atoms with E-state index in [4.69, 9.17) is 16.0 Å². The summed E-state index contributed by atoms with van der Waals surface area (Å²) < 4.78 is 10.0. The average molecular weight is 763 g/mol. The molecule has 7 aromatic rings. The molecule has 0 amide bonds. The van der Waals surface area contributed by atoms with Gasteiger partial charge in [-0.1, -0.05) is 154 Å². The number of nitrogens with one attached hydrogen (secondary N) is 1. The van der Waals surface area contributed by atoms with Crippen molar-refractivity contribution in [2.24, 2.45) is 0 Å². The van der Waals surface area contributed by atoms with Crippen molar-refractivity contribution in [1.82, 2.24) is 4.57 Å². The molecule has 278 valence electrons. The van der Waals surface area contributed by atoms with Gasteiger partial charge >= 0.3 is 5.97 Å². The number of fused-ring (bicyclic) bond motifs is 1. The Balaban J connectivity index is 1.36. The fourth-order valence-corrected chi connectivity index (χ4v) is 12.9. The van der Waals surface area contributed by atoms with E-state index in [0.29, 0.717) is 24.6 Å². The van der Waals surface area contributed by atoms with Gasteiger partial charge in [-0.3, -0.25) is 0 Å².